The summed E-state index contributed by atoms with van der Waals surface area (Å²) in [6, 6.07) is 0. The van der Waals surface area contributed by atoms with Crippen molar-refractivity contribution in [2.75, 3.05) is 13.1 Å². The Morgan fingerprint density at radius 2 is 2.38 bits per heavy atom. The minimum Gasteiger partial charge on any atom is -0.481 e. The van der Waals surface area contributed by atoms with Crippen LogP contribution in [0.25, 0.3) is 0 Å². The summed E-state index contributed by atoms with van der Waals surface area (Å²) in [6.45, 7) is 2.36. The molecule has 0 bridgehead atoms. The summed E-state index contributed by atoms with van der Waals surface area (Å²) >= 11 is 0. The molecule has 1 N–H and O–H groups in total. The van der Waals surface area contributed by atoms with Crippen LogP contribution in [0.4, 0.5) is 0 Å². The molecule has 0 radical (unpaired) electrons. The fourth-order valence-corrected chi connectivity index (χ4v) is 1.77. The van der Waals surface area contributed by atoms with Crippen molar-refractivity contribution < 1.29 is 19.1 Å². The van der Waals surface area contributed by atoms with Crippen molar-refractivity contribution in [3.8, 4) is 0 Å². The van der Waals surface area contributed by atoms with E-state index in [1.807, 2.05) is 0 Å². The third kappa shape index (κ3) is 1.91. The molecule has 1 fully saturated rings. The Hall–Kier alpha value is -1.85. The first-order valence-corrected chi connectivity index (χ1v) is 5.02. The largest absolute Gasteiger partial charge is 0.481 e. The van der Waals surface area contributed by atoms with Gasteiger partial charge in [-0.25, -0.2) is 4.98 Å². The molecule has 1 unspecified atom stereocenters. The number of hydrogen-bond donors (Lipinski definition) is 1. The first kappa shape index (κ1) is 10.7. The topological polar surface area (TPSA) is 83.6 Å². The Kier molecular flexibility index (Phi) is 2.64. The number of carboxylic acids is 1. The number of carbonyl (C=O) groups is 2. The van der Waals surface area contributed by atoms with Gasteiger partial charge in [0.05, 0.1) is 5.92 Å². The van der Waals surface area contributed by atoms with Crippen LogP contribution in [0.3, 0.4) is 0 Å². The van der Waals surface area contributed by atoms with E-state index < -0.39 is 11.9 Å². The van der Waals surface area contributed by atoms with Crippen LogP contribution in [0.15, 0.2) is 10.7 Å². The van der Waals surface area contributed by atoms with Crippen LogP contribution in [-0.4, -0.2) is 40.0 Å². The van der Waals surface area contributed by atoms with Gasteiger partial charge in [0.2, 0.25) is 0 Å². The number of nitrogens with zero attached hydrogens (tertiary/aromatic N) is 2. The van der Waals surface area contributed by atoms with Gasteiger partial charge in [-0.3, -0.25) is 9.59 Å². The smallest absolute Gasteiger partial charge is 0.308 e. The number of aryl methyl sites for hydroxylation is 1. The number of carbonyl (C=O) groups excluding carboxylic acids is 1. The average molecular weight is 224 g/mol. The number of aliphatic carboxylic acids is 1. The molecule has 0 spiro atoms. The molecule has 16 heavy (non-hydrogen) atoms. The first-order valence-electron chi connectivity index (χ1n) is 5.02. The molecule has 6 nitrogen and oxygen atoms in total. The van der Waals surface area contributed by atoms with E-state index in [9.17, 15) is 9.59 Å². The van der Waals surface area contributed by atoms with Gasteiger partial charge in [-0.15, -0.1) is 0 Å². The van der Waals surface area contributed by atoms with Gasteiger partial charge in [-0.2, -0.15) is 0 Å². The average Bonchev–Trinajstić information content (AvgIpc) is 2.84. The van der Waals surface area contributed by atoms with E-state index in [4.69, 9.17) is 9.52 Å². The number of carboxylic acid groups (broad SMARTS) is 1. The third-order valence-corrected chi connectivity index (χ3v) is 2.66. The summed E-state index contributed by atoms with van der Waals surface area (Å²) in [5, 5.41) is 8.82. The van der Waals surface area contributed by atoms with E-state index in [2.05, 4.69) is 4.98 Å². The predicted molar refractivity (Wildman–Crippen MR) is 52.9 cm³/mol. The van der Waals surface area contributed by atoms with Crippen LogP contribution < -0.4 is 0 Å². The molecule has 2 heterocycles. The van der Waals surface area contributed by atoms with Crippen LogP contribution >= 0.6 is 0 Å². The van der Waals surface area contributed by atoms with E-state index in [0.29, 0.717) is 18.9 Å². The van der Waals surface area contributed by atoms with Crippen LogP contribution in [0.2, 0.25) is 0 Å². The standard InChI is InChI=1S/C10H12N2O4/c1-6-11-8(5-16-6)9(13)12-3-2-7(4-12)10(14)15/h5,7H,2-4H2,1H3,(H,14,15). The highest BCUT2D eigenvalue weighted by atomic mass is 16.4. The number of likely N-dealkylation sites (tertiary alicyclic amines) is 1. The monoisotopic (exact) mass is 224 g/mol. The minimum absolute atomic E-state index is 0.239. The number of hydrogen-bond acceptors (Lipinski definition) is 4. The molecule has 0 saturated carbocycles. The quantitative estimate of drug-likeness (QED) is 0.792. The molecule has 0 aromatic carbocycles. The summed E-state index contributed by atoms with van der Waals surface area (Å²) in [5.74, 6) is -1.15. The highest BCUT2D eigenvalue weighted by molar-refractivity contribution is 5.92. The van der Waals surface area contributed by atoms with Crippen molar-refractivity contribution in [1.29, 1.82) is 0 Å². The van der Waals surface area contributed by atoms with Gasteiger partial charge >= 0.3 is 5.97 Å². The van der Waals surface area contributed by atoms with Gasteiger partial charge in [0.15, 0.2) is 11.6 Å². The fraction of sp³-hybridized carbons (Fsp3) is 0.500. The molecule has 1 saturated heterocycles. The van der Waals surface area contributed by atoms with Gasteiger partial charge in [0.25, 0.3) is 5.91 Å². The second kappa shape index (κ2) is 3.96. The molecule has 1 aliphatic heterocycles. The molecule has 86 valence electrons. The molecule has 0 aliphatic carbocycles. The van der Waals surface area contributed by atoms with Crippen LogP contribution in [-0.2, 0) is 4.79 Å². The van der Waals surface area contributed by atoms with Crippen molar-refractivity contribution in [2.45, 2.75) is 13.3 Å². The van der Waals surface area contributed by atoms with E-state index in [-0.39, 0.29) is 18.1 Å². The van der Waals surface area contributed by atoms with E-state index in [1.54, 1.807) is 6.92 Å². The SMILES string of the molecule is Cc1nc(C(=O)N2CCC(C(=O)O)C2)co1. The highest BCUT2D eigenvalue weighted by Gasteiger charge is 2.32. The molecule has 1 aromatic heterocycles. The Bertz CT molecular complexity index is 426. The maximum absolute atomic E-state index is 11.8. The Labute approximate surface area is 91.9 Å². The zero-order valence-corrected chi connectivity index (χ0v) is 8.84. The van der Waals surface area contributed by atoms with Crippen molar-refractivity contribution in [3.05, 3.63) is 17.8 Å². The van der Waals surface area contributed by atoms with Crippen molar-refractivity contribution >= 4 is 11.9 Å². The summed E-state index contributed by atoms with van der Waals surface area (Å²) < 4.78 is 4.94. The molecule has 1 aromatic rings. The molecular weight excluding hydrogens is 212 g/mol. The van der Waals surface area contributed by atoms with Crippen molar-refractivity contribution in [1.82, 2.24) is 9.88 Å². The van der Waals surface area contributed by atoms with E-state index >= 15 is 0 Å². The molecule has 1 amide bonds. The normalized spacial score (nSPS) is 20.1. The van der Waals surface area contributed by atoms with Crippen molar-refractivity contribution in [3.63, 3.8) is 0 Å². The van der Waals surface area contributed by atoms with E-state index in [0.717, 1.165) is 0 Å². The lowest BCUT2D eigenvalue weighted by Crippen LogP contribution is -2.30. The van der Waals surface area contributed by atoms with Gasteiger partial charge in [-0.1, -0.05) is 0 Å². The first-order chi connectivity index (χ1) is 7.58. The molecule has 6 heteroatoms. The number of rotatable bonds is 2. The highest BCUT2D eigenvalue weighted by Crippen LogP contribution is 2.18. The lowest BCUT2D eigenvalue weighted by molar-refractivity contribution is -0.141. The Morgan fingerprint density at radius 3 is 2.88 bits per heavy atom. The summed E-state index contributed by atoms with van der Waals surface area (Å²) in [5.41, 5.74) is 0.239. The lowest BCUT2D eigenvalue weighted by atomic mass is 10.1. The number of amides is 1. The molecule has 2 rings (SSSR count). The summed E-state index contributed by atoms with van der Waals surface area (Å²) in [4.78, 5) is 28.0. The third-order valence-electron chi connectivity index (χ3n) is 2.66. The van der Waals surface area contributed by atoms with Crippen LogP contribution in [0, 0.1) is 12.8 Å². The van der Waals surface area contributed by atoms with Crippen molar-refractivity contribution in [2.24, 2.45) is 5.92 Å². The second-order valence-electron chi connectivity index (χ2n) is 3.83. The number of oxazole rings is 1. The maximum Gasteiger partial charge on any atom is 0.308 e. The van der Waals surface area contributed by atoms with E-state index in [1.165, 1.54) is 11.2 Å². The second-order valence-corrected chi connectivity index (χ2v) is 3.83. The van der Waals surface area contributed by atoms with Gasteiger partial charge in [0.1, 0.15) is 6.26 Å². The Balaban J connectivity index is 2.05. The van der Waals surface area contributed by atoms with Crippen LogP contribution in [0.1, 0.15) is 22.8 Å². The van der Waals surface area contributed by atoms with Gasteiger partial charge < -0.3 is 14.4 Å². The molecule has 1 aliphatic rings. The fourth-order valence-electron chi connectivity index (χ4n) is 1.77. The summed E-state index contributed by atoms with van der Waals surface area (Å²) in [7, 11) is 0. The zero-order valence-electron chi connectivity index (χ0n) is 8.84. The lowest BCUT2D eigenvalue weighted by Gasteiger charge is -2.13. The molecule has 1 atom stereocenters. The minimum atomic E-state index is -0.855. The predicted octanol–water partition coefficient (Wildman–Crippen LogP) is 0.530. The Morgan fingerprint density at radius 1 is 1.62 bits per heavy atom. The summed E-state index contributed by atoms with van der Waals surface area (Å²) in [6.07, 6.45) is 1.80. The maximum atomic E-state index is 11.8. The van der Waals surface area contributed by atoms with Gasteiger partial charge in [0, 0.05) is 20.0 Å². The zero-order chi connectivity index (χ0) is 11.7. The van der Waals surface area contributed by atoms with Crippen LogP contribution in [0.5, 0.6) is 0 Å². The number of aromatic nitrogens is 1. The van der Waals surface area contributed by atoms with Gasteiger partial charge in [-0.05, 0) is 6.42 Å². The molecular formula is C10H12N2O4.